The average Bonchev–Trinajstić information content (AvgIpc) is 2.95. The monoisotopic (exact) mass is 450 g/mol. The first-order valence-electron chi connectivity index (χ1n) is 8.61. The number of hydrogen-bond donors (Lipinski definition) is 1. The van der Waals surface area contributed by atoms with Crippen LogP contribution in [0.4, 0.5) is 0 Å². The molecular weight excluding hydrogens is 428 g/mol. The Morgan fingerprint density at radius 1 is 1.15 bits per heavy atom. The molecule has 0 radical (unpaired) electrons. The fourth-order valence-corrected chi connectivity index (χ4v) is 5.58. The largest absolute Gasteiger partial charge is 0.497 e. The molecule has 0 bridgehead atoms. The Kier molecular flexibility index (Phi) is 5.93. The number of aromatic amines is 1. The zero-order valence-corrected chi connectivity index (χ0v) is 18.0. The molecule has 1 N–H and O–H groups in total. The molecule has 27 heavy (non-hydrogen) atoms. The minimum absolute atomic E-state index is 0.0740. The Bertz CT molecular complexity index is 1060. The molecule has 0 unspecified atom stereocenters. The number of sulfone groups is 1. The number of likely N-dealkylation sites (N-methyl/N-ethyl adjacent to an activating group) is 1. The van der Waals surface area contributed by atoms with E-state index in [0.29, 0.717) is 9.37 Å². The molecule has 0 saturated carbocycles. The van der Waals surface area contributed by atoms with Crippen LogP contribution in [0.15, 0.2) is 51.8 Å². The lowest BCUT2D eigenvalue weighted by Gasteiger charge is -2.11. The minimum atomic E-state index is -3.49. The van der Waals surface area contributed by atoms with Gasteiger partial charge in [-0.25, -0.2) is 8.42 Å². The number of hydrogen-bond acceptors (Lipinski definition) is 4. The van der Waals surface area contributed by atoms with Gasteiger partial charge in [0.05, 0.1) is 17.8 Å². The molecule has 7 heteroatoms. The molecule has 0 aliphatic heterocycles. The molecule has 0 amide bonds. The van der Waals surface area contributed by atoms with Crippen molar-refractivity contribution >= 4 is 36.7 Å². The number of nitrogens with one attached hydrogen (secondary N) is 1. The summed E-state index contributed by atoms with van der Waals surface area (Å²) in [6.07, 6.45) is 0.751. The van der Waals surface area contributed by atoms with Crippen molar-refractivity contribution in [1.29, 1.82) is 0 Å². The molecule has 0 aliphatic carbocycles. The summed E-state index contributed by atoms with van der Waals surface area (Å²) in [5.41, 5.74) is 2.67. The zero-order valence-electron chi connectivity index (χ0n) is 15.6. The molecule has 0 saturated heterocycles. The summed E-state index contributed by atoms with van der Waals surface area (Å²) in [4.78, 5) is 5.71. The summed E-state index contributed by atoms with van der Waals surface area (Å²) >= 11 is 3.35. The third-order valence-corrected chi connectivity index (χ3v) is 7.17. The number of rotatable bonds is 7. The lowest BCUT2D eigenvalue weighted by molar-refractivity contribution is 0.413. The molecule has 0 atom stereocenters. The van der Waals surface area contributed by atoms with Crippen LogP contribution in [0.25, 0.3) is 10.9 Å². The number of H-pyrrole nitrogens is 1. The molecule has 144 valence electrons. The standard InChI is InChI=1S/C20H23BrN2O3S/c1-23(2)11-10-15-16-12-14(26-3)8-9-18(16)22-19(15)13-27(24,25)20-7-5-4-6-17(20)21/h4-9,12,22H,10-11,13H2,1-3H3. The SMILES string of the molecule is COc1ccc2[nH]c(CS(=O)(=O)c3ccccc3Br)c(CCN(C)C)c2c1. The number of aromatic nitrogens is 1. The Hall–Kier alpha value is -1.83. The Balaban J connectivity index is 2.07. The van der Waals surface area contributed by atoms with Crippen LogP contribution in [0.1, 0.15) is 11.3 Å². The lowest BCUT2D eigenvalue weighted by Crippen LogP contribution is -2.16. The van der Waals surface area contributed by atoms with Crippen molar-refractivity contribution in [2.45, 2.75) is 17.1 Å². The highest BCUT2D eigenvalue weighted by molar-refractivity contribution is 9.10. The van der Waals surface area contributed by atoms with Crippen molar-refractivity contribution in [2.75, 3.05) is 27.7 Å². The molecule has 5 nitrogen and oxygen atoms in total. The van der Waals surface area contributed by atoms with Crippen molar-refractivity contribution in [2.24, 2.45) is 0 Å². The van der Waals surface area contributed by atoms with Crippen LogP contribution in [0.2, 0.25) is 0 Å². The van der Waals surface area contributed by atoms with E-state index in [1.165, 1.54) is 0 Å². The number of halogens is 1. The summed E-state index contributed by atoms with van der Waals surface area (Å²) < 4.78 is 32.0. The summed E-state index contributed by atoms with van der Waals surface area (Å²) in [6, 6.07) is 12.7. The van der Waals surface area contributed by atoms with Gasteiger partial charge in [-0.3, -0.25) is 0 Å². The zero-order chi connectivity index (χ0) is 19.6. The van der Waals surface area contributed by atoms with Crippen LogP contribution in [0.5, 0.6) is 5.75 Å². The molecule has 0 fully saturated rings. The summed E-state index contributed by atoms with van der Waals surface area (Å²) in [5, 5.41) is 1.01. The van der Waals surface area contributed by atoms with Crippen molar-refractivity contribution in [3.05, 3.63) is 58.2 Å². The van der Waals surface area contributed by atoms with Gasteiger partial charge in [-0.15, -0.1) is 0 Å². The fraction of sp³-hybridized carbons (Fsp3) is 0.300. The first-order chi connectivity index (χ1) is 12.8. The summed E-state index contributed by atoms with van der Waals surface area (Å²) in [5.74, 6) is 0.683. The molecule has 0 spiro atoms. The van der Waals surface area contributed by atoms with Crippen LogP contribution in [0.3, 0.4) is 0 Å². The van der Waals surface area contributed by atoms with Gasteiger partial charge in [0.2, 0.25) is 0 Å². The molecule has 3 aromatic rings. The van der Waals surface area contributed by atoms with Gasteiger partial charge in [0.15, 0.2) is 9.84 Å². The van der Waals surface area contributed by atoms with Crippen LogP contribution < -0.4 is 4.74 Å². The highest BCUT2D eigenvalue weighted by atomic mass is 79.9. The van der Waals surface area contributed by atoms with E-state index >= 15 is 0 Å². The van der Waals surface area contributed by atoms with Crippen LogP contribution in [-0.2, 0) is 22.0 Å². The predicted octanol–water partition coefficient (Wildman–Crippen LogP) is 4.02. The number of benzene rings is 2. The smallest absolute Gasteiger partial charge is 0.185 e. The number of ether oxygens (including phenoxy) is 1. The van der Waals surface area contributed by atoms with E-state index in [1.54, 1.807) is 31.4 Å². The van der Waals surface area contributed by atoms with E-state index in [1.807, 2.05) is 32.3 Å². The van der Waals surface area contributed by atoms with E-state index in [2.05, 4.69) is 25.8 Å². The van der Waals surface area contributed by atoms with E-state index in [4.69, 9.17) is 4.74 Å². The van der Waals surface area contributed by atoms with E-state index in [9.17, 15) is 8.42 Å². The number of methoxy groups -OCH3 is 1. The Labute approximate surface area is 168 Å². The first-order valence-corrected chi connectivity index (χ1v) is 11.1. The third-order valence-electron chi connectivity index (χ3n) is 4.52. The topological polar surface area (TPSA) is 62.4 Å². The van der Waals surface area contributed by atoms with Gasteiger partial charge >= 0.3 is 0 Å². The second-order valence-electron chi connectivity index (χ2n) is 6.74. The Morgan fingerprint density at radius 3 is 2.56 bits per heavy atom. The molecule has 2 aromatic carbocycles. The lowest BCUT2D eigenvalue weighted by atomic mass is 10.1. The fourth-order valence-electron chi connectivity index (χ4n) is 3.12. The van der Waals surface area contributed by atoms with Gasteiger partial charge in [-0.1, -0.05) is 12.1 Å². The quantitative estimate of drug-likeness (QED) is 0.590. The Morgan fingerprint density at radius 2 is 1.89 bits per heavy atom. The van der Waals surface area contributed by atoms with Gasteiger partial charge in [0, 0.05) is 27.6 Å². The summed E-state index contributed by atoms with van der Waals surface area (Å²) in [6.45, 7) is 0.826. The molecule has 0 aliphatic rings. The number of nitrogens with zero attached hydrogens (tertiary/aromatic N) is 1. The minimum Gasteiger partial charge on any atom is -0.497 e. The molecule has 3 rings (SSSR count). The molecular formula is C20H23BrN2O3S. The first kappa shape index (κ1) is 19.9. The van der Waals surface area contributed by atoms with E-state index in [0.717, 1.165) is 40.9 Å². The van der Waals surface area contributed by atoms with Crippen LogP contribution >= 0.6 is 15.9 Å². The van der Waals surface area contributed by atoms with Crippen molar-refractivity contribution in [1.82, 2.24) is 9.88 Å². The van der Waals surface area contributed by atoms with Crippen molar-refractivity contribution < 1.29 is 13.2 Å². The maximum atomic E-state index is 13.0. The van der Waals surface area contributed by atoms with Gasteiger partial charge in [-0.2, -0.15) is 0 Å². The second kappa shape index (κ2) is 8.04. The van der Waals surface area contributed by atoms with Gasteiger partial charge in [-0.05, 0) is 72.3 Å². The van der Waals surface area contributed by atoms with E-state index < -0.39 is 9.84 Å². The molecule has 1 aromatic heterocycles. The van der Waals surface area contributed by atoms with Crippen molar-refractivity contribution in [3.8, 4) is 5.75 Å². The van der Waals surface area contributed by atoms with Crippen LogP contribution in [-0.4, -0.2) is 46.1 Å². The molecule has 1 heterocycles. The highest BCUT2D eigenvalue weighted by Gasteiger charge is 2.22. The highest BCUT2D eigenvalue weighted by Crippen LogP contribution is 2.31. The third kappa shape index (κ3) is 4.36. The predicted molar refractivity (Wildman–Crippen MR) is 112 cm³/mol. The normalized spacial score (nSPS) is 12.0. The number of fused-ring (bicyclic) bond motifs is 1. The van der Waals surface area contributed by atoms with Gasteiger partial charge in [0.1, 0.15) is 5.75 Å². The van der Waals surface area contributed by atoms with E-state index in [-0.39, 0.29) is 5.75 Å². The maximum absolute atomic E-state index is 13.0. The van der Waals surface area contributed by atoms with Crippen molar-refractivity contribution in [3.63, 3.8) is 0 Å². The van der Waals surface area contributed by atoms with Gasteiger partial charge in [0.25, 0.3) is 0 Å². The van der Waals surface area contributed by atoms with Crippen LogP contribution in [0, 0.1) is 0 Å². The second-order valence-corrected chi connectivity index (χ2v) is 9.55. The summed E-state index contributed by atoms with van der Waals surface area (Å²) in [7, 11) is 2.15. The average molecular weight is 451 g/mol. The maximum Gasteiger partial charge on any atom is 0.185 e. The van der Waals surface area contributed by atoms with Gasteiger partial charge < -0.3 is 14.6 Å².